The molecular weight excluding hydrogens is 1080 g/mol. The molecule has 18 rings (SSSR count). The van der Waals surface area contributed by atoms with Crippen molar-refractivity contribution >= 4 is 160 Å². The number of hydrogen-bond donors (Lipinski definition) is 0. The zero-order valence-electron chi connectivity index (χ0n) is 48.4. The molecule has 4 aliphatic heterocycles. The molecule has 0 N–H and O–H groups in total. The highest BCUT2D eigenvalue weighted by Gasteiger charge is 2.50. The first-order valence-electron chi connectivity index (χ1n) is 30.6. The Hall–Kier alpha value is -11.7. The van der Waals surface area contributed by atoms with Crippen molar-refractivity contribution in [2.45, 2.75) is 0 Å². The minimum absolute atomic E-state index is 0.189. The molecule has 1 aromatic heterocycles. The number of furan rings is 1. The van der Waals surface area contributed by atoms with E-state index in [0.717, 1.165) is 119 Å². The molecule has 0 saturated heterocycles. The molecule has 0 spiro atoms. The first-order valence-corrected chi connectivity index (χ1v) is 30.6. The van der Waals surface area contributed by atoms with E-state index in [9.17, 15) is 0 Å². The van der Waals surface area contributed by atoms with E-state index < -0.39 is 0 Å². The van der Waals surface area contributed by atoms with Crippen molar-refractivity contribution in [3.05, 3.63) is 328 Å². The fraction of sp³-hybridized carbons (Fsp3) is 0. The van der Waals surface area contributed by atoms with Crippen LogP contribution in [0.25, 0.3) is 11.0 Å². The highest BCUT2D eigenvalue weighted by molar-refractivity contribution is 7.03. The second kappa shape index (κ2) is 20.5. The highest BCUT2D eigenvalue weighted by Crippen LogP contribution is 2.53. The summed E-state index contributed by atoms with van der Waals surface area (Å²) >= 11 is 0. The average molecular weight is 1140 g/mol. The van der Waals surface area contributed by atoms with E-state index in [4.69, 9.17) is 4.42 Å². The number of fused-ring (bicyclic) bond motifs is 10. The lowest BCUT2D eigenvalue weighted by molar-refractivity contribution is 0.651. The summed E-state index contributed by atoms with van der Waals surface area (Å²) in [7, 11) is 0. The molecule has 0 fully saturated rings. The lowest BCUT2D eigenvalue weighted by Crippen LogP contribution is -2.65. The Morgan fingerprint density at radius 2 is 0.584 bits per heavy atom. The van der Waals surface area contributed by atoms with Crippen molar-refractivity contribution in [2.75, 3.05) is 29.4 Å². The summed E-state index contributed by atoms with van der Waals surface area (Å²) in [6.45, 7) is -0.525. The van der Waals surface area contributed by atoms with Crippen LogP contribution in [0.2, 0.25) is 0 Å². The van der Waals surface area contributed by atoms with Crippen molar-refractivity contribution < 1.29 is 4.42 Å². The van der Waals surface area contributed by atoms with Gasteiger partial charge in [-0.05, 0) is 173 Å². The molecule has 9 heteroatoms. The Morgan fingerprint density at radius 3 is 1.03 bits per heavy atom. The molecule has 0 saturated carbocycles. The summed E-state index contributed by atoms with van der Waals surface area (Å²) in [6.07, 6.45) is 0. The third-order valence-electron chi connectivity index (χ3n) is 18.3. The lowest BCUT2D eigenvalue weighted by Gasteiger charge is -2.47. The second-order valence-electron chi connectivity index (χ2n) is 23.2. The van der Waals surface area contributed by atoms with Gasteiger partial charge in [0.05, 0.1) is 22.7 Å². The van der Waals surface area contributed by atoms with Gasteiger partial charge in [-0.25, -0.2) is 0 Å². The summed E-state index contributed by atoms with van der Waals surface area (Å²) in [5.74, 6) is 0. The van der Waals surface area contributed by atoms with E-state index in [2.05, 4.69) is 357 Å². The molecule has 0 atom stereocenters. The van der Waals surface area contributed by atoms with Gasteiger partial charge in [-0.2, -0.15) is 0 Å². The van der Waals surface area contributed by atoms with E-state index in [-0.39, 0.29) is 13.4 Å². The third-order valence-corrected chi connectivity index (χ3v) is 18.3. The molecule has 89 heavy (non-hydrogen) atoms. The van der Waals surface area contributed by atoms with Gasteiger partial charge < -0.3 is 33.8 Å². The van der Waals surface area contributed by atoms with Crippen LogP contribution in [0, 0.1) is 0 Å². The van der Waals surface area contributed by atoms with E-state index in [1.54, 1.807) is 0 Å². The number of hydrogen-bond acceptors (Lipinski definition) is 7. The van der Waals surface area contributed by atoms with Crippen LogP contribution in [-0.4, -0.2) is 13.4 Å². The van der Waals surface area contributed by atoms with E-state index in [1.165, 1.54) is 27.3 Å². The van der Waals surface area contributed by atoms with Crippen molar-refractivity contribution in [2.24, 2.45) is 0 Å². The Balaban J connectivity index is 0.977. The molecule has 0 radical (unpaired) electrons. The molecule has 4 aliphatic rings. The van der Waals surface area contributed by atoms with Crippen LogP contribution in [0.1, 0.15) is 0 Å². The predicted octanol–water partition coefficient (Wildman–Crippen LogP) is 17.5. The molecule has 5 heterocycles. The SMILES string of the molecule is c1ccc(N(c2ccccc2)c2cc3c4c(c2)N(c2ccccc2)c2cc5c(cc2B4c2ccccc2N3c2ccccc2)B2c3oc4ccccc4c3N(c3ccccc3)c3cc(N(c4ccccc4)c4ccccc4)cc(c32)N5c2ccccc2)cc1. The van der Waals surface area contributed by atoms with Crippen molar-refractivity contribution in [3.63, 3.8) is 0 Å². The minimum atomic E-state index is -0.336. The van der Waals surface area contributed by atoms with Crippen LogP contribution >= 0.6 is 0 Å². The highest BCUT2D eigenvalue weighted by atomic mass is 16.3. The maximum Gasteiger partial charge on any atom is 0.297 e. The largest absolute Gasteiger partial charge is 0.468 e. The predicted molar refractivity (Wildman–Crippen MR) is 374 cm³/mol. The van der Waals surface area contributed by atoms with Gasteiger partial charge in [-0.1, -0.05) is 182 Å². The summed E-state index contributed by atoms with van der Waals surface area (Å²) in [5.41, 5.74) is 27.1. The van der Waals surface area contributed by atoms with E-state index in [1.807, 2.05) is 0 Å². The second-order valence-corrected chi connectivity index (χ2v) is 23.2. The molecule has 0 amide bonds. The number of nitrogens with zero attached hydrogens (tertiary/aromatic N) is 6. The first-order chi connectivity index (χ1) is 44.2. The van der Waals surface area contributed by atoms with E-state index in [0.29, 0.717) is 0 Å². The lowest BCUT2D eigenvalue weighted by atomic mass is 9.31. The molecule has 13 aromatic carbocycles. The van der Waals surface area contributed by atoms with Gasteiger partial charge in [0.25, 0.3) is 13.4 Å². The maximum absolute atomic E-state index is 7.52. The standard InChI is InChI=1S/C80H54B2N6O/c1-9-29-55(30-10-1)83(56-31-11-2-12-32-56)63-49-72-77-73(50-63)86(60-39-19-6-20-40-60)70-54-71-68(53-67(70)81(77)66-46-26-27-47-69(66)85(72)59-37-17-5-18-38-59)82-78-74(87(71)61-41-21-7-22-42-61)51-64(84(57-33-13-3-14-34-57)58-35-15-4-16-36-58)52-75(78)88(62-43-23-8-24-44-62)79-65-45-25-28-48-76(65)89-80(79)82/h1-54H. The van der Waals surface area contributed by atoms with Gasteiger partial charge >= 0.3 is 0 Å². The Bertz CT molecular complexity index is 4920. The number of para-hydroxylation sites is 10. The fourth-order valence-electron chi connectivity index (χ4n) is 14.7. The molecule has 0 aliphatic carbocycles. The molecule has 14 aromatic rings. The number of benzene rings is 13. The normalized spacial score (nSPS) is 13.0. The Labute approximate surface area is 518 Å². The summed E-state index contributed by atoms with van der Waals surface area (Å²) in [4.78, 5) is 14.9. The molecule has 7 nitrogen and oxygen atoms in total. The Kier molecular flexibility index (Phi) is 11.7. The first kappa shape index (κ1) is 50.6. The topological polar surface area (TPSA) is 32.6 Å². The van der Waals surface area contributed by atoms with Crippen molar-refractivity contribution in [3.8, 4) is 0 Å². The number of anilines is 18. The van der Waals surface area contributed by atoms with Crippen molar-refractivity contribution in [1.82, 2.24) is 0 Å². The van der Waals surface area contributed by atoms with E-state index >= 15 is 0 Å². The average Bonchev–Trinajstić information content (AvgIpc) is 1.26. The fourth-order valence-corrected chi connectivity index (χ4v) is 14.7. The zero-order valence-corrected chi connectivity index (χ0v) is 48.4. The van der Waals surface area contributed by atoms with Gasteiger partial charge in [0, 0.05) is 90.7 Å². The monoisotopic (exact) mass is 1140 g/mol. The summed E-state index contributed by atoms with van der Waals surface area (Å²) in [5, 5.41) is 1.06. The minimum Gasteiger partial charge on any atom is -0.468 e. The van der Waals surface area contributed by atoms with Crippen LogP contribution in [0.3, 0.4) is 0 Å². The molecule has 0 unspecified atom stereocenters. The van der Waals surface area contributed by atoms with Gasteiger partial charge in [0.2, 0.25) is 0 Å². The smallest absolute Gasteiger partial charge is 0.297 e. The number of rotatable bonds is 10. The van der Waals surface area contributed by atoms with Crippen LogP contribution in [0.15, 0.2) is 332 Å². The Morgan fingerprint density at radius 1 is 0.247 bits per heavy atom. The van der Waals surface area contributed by atoms with Crippen LogP contribution in [-0.2, 0) is 0 Å². The van der Waals surface area contributed by atoms with Crippen LogP contribution in [0.4, 0.5) is 102 Å². The third kappa shape index (κ3) is 7.95. The zero-order chi connectivity index (χ0) is 58.5. The summed E-state index contributed by atoms with van der Waals surface area (Å²) in [6, 6.07) is 119. The van der Waals surface area contributed by atoms with Gasteiger partial charge in [0.1, 0.15) is 5.58 Å². The quantitative estimate of drug-likeness (QED) is 0.126. The molecule has 416 valence electrons. The summed E-state index contributed by atoms with van der Waals surface area (Å²) < 4.78 is 7.52. The van der Waals surface area contributed by atoms with Crippen molar-refractivity contribution in [1.29, 1.82) is 0 Å². The maximum atomic E-state index is 7.52. The molecular formula is C80H54B2N6O. The molecule has 0 bridgehead atoms. The van der Waals surface area contributed by atoms with Gasteiger partial charge in [0.15, 0.2) is 0 Å². The van der Waals surface area contributed by atoms with Crippen LogP contribution in [0.5, 0.6) is 0 Å². The van der Waals surface area contributed by atoms with Gasteiger partial charge in [-0.3, -0.25) is 0 Å². The van der Waals surface area contributed by atoms with Gasteiger partial charge in [-0.15, -0.1) is 0 Å². The van der Waals surface area contributed by atoms with Crippen LogP contribution < -0.4 is 62.4 Å².